The van der Waals surface area contributed by atoms with Crippen molar-refractivity contribution in [3.63, 3.8) is 0 Å². The van der Waals surface area contributed by atoms with Gasteiger partial charge in [0.1, 0.15) is 5.82 Å². The van der Waals surface area contributed by atoms with Gasteiger partial charge in [-0.2, -0.15) is 0 Å². The average molecular weight is 446 g/mol. The van der Waals surface area contributed by atoms with Crippen LogP contribution in [0.4, 0.5) is 10.8 Å². The number of carbonyl (C=O) groups is 2. The Morgan fingerprint density at radius 3 is 2.59 bits per heavy atom. The predicted molar refractivity (Wildman–Crippen MR) is 128 cm³/mol. The fraction of sp³-hybridized carbons (Fsp3) is 0.167. The zero-order valence-electron chi connectivity index (χ0n) is 17.9. The number of carbonyl (C=O) groups excluding carboxylic acids is 2. The van der Waals surface area contributed by atoms with Crippen LogP contribution in [0, 0.1) is 0 Å². The second kappa shape index (κ2) is 9.57. The Morgan fingerprint density at radius 1 is 1.09 bits per heavy atom. The van der Waals surface area contributed by atoms with E-state index in [1.165, 1.54) is 24.3 Å². The SMILES string of the molecule is CCn1c(CNC(=O)/C=C/c2csc(N(C(C)=O)c3ccccc3)n2)nc2ccccc21. The molecule has 0 aliphatic heterocycles. The standard InChI is InChI=1S/C24H23N5O2S/c1-3-28-21-12-8-7-11-20(21)27-22(28)15-25-23(31)14-13-18-16-32-24(26-18)29(17(2)30)19-9-5-4-6-10-19/h4-14,16H,3,15H2,1-2H3,(H,25,31)/b14-13+. The molecular weight excluding hydrogens is 422 g/mol. The van der Waals surface area contributed by atoms with Gasteiger partial charge in [-0.25, -0.2) is 9.97 Å². The molecule has 162 valence electrons. The molecule has 0 saturated carbocycles. The number of nitrogens with zero attached hydrogens (tertiary/aromatic N) is 4. The topological polar surface area (TPSA) is 80.1 Å². The summed E-state index contributed by atoms with van der Waals surface area (Å²) in [5, 5.41) is 5.25. The molecule has 2 amide bonds. The van der Waals surface area contributed by atoms with Gasteiger partial charge in [0, 0.05) is 24.9 Å². The minimum Gasteiger partial charge on any atom is -0.345 e. The number of rotatable bonds is 7. The molecule has 7 nitrogen and oxygen atoms in total. The molecule has 2 aromatic carbocycles. The first kappa shape index (κ1) is 21.5. The van der Waals surface area contributed by atoms with Gasteiger partial charge in [0.15, 0.2) is 5.13 Å². The highest BCUT2D eigenvalue weighted by molar-refractivity contribution is 7.14. The summed E-state index contributed by atoms with van der Waals surface area (Å²) < 4.78 is 2.09. The van der Waals surface area contributed by atoms with Crippen molar-refractivity contribution in [2.75, 3.05) is 4.90 Å². The van der Waals surface area contributed by atoms with Crippen molar-refractivity contribution in [1.29, 1.82) is 0 Å². The first-order chi connectivity index (χ1) is 15.6. The number of hydrogen-bond donors (Lipinski definition) is 1. The minimum atomic E-state index is -0.235. The lowest BCUT2D eigenvalue weighted by Gasteiger charge is -2.17. The molecule has 0 saturated heterocycles. The van der Waals surface area contributed by atoms with Crippen LogP contribution in [0.2, 0.25) is 0 Å². The van der Waals surface area contributed by atoms with Crippen LogP contribution in [-0.4, -0.2) is 26.3 Å². The number of hydrogen-bond acceptors (Lipinski definition) is 5. The number of para-hydroxylation sites is 3. The number of aryl methyl sites for hydroxylation is 1. The number of thiazole rings is 1. The second-order valence-corrected chi connectivity index (χ2v) is 7.89. The third-order valence-electron chi connectivity index (χ3n) is 4.91. The van der Waals surface area contributed by atoms with Gasteiger partial charge >= 0.3 is 0 Å². The van der Waals surface area contributed by atoms with Crippen molar-refractivity contribution in [3.05, 3.63) is 77.6 Å². The van der Waals surface area contributed by atoms with E-state index in [0.29, 0.717) is 17.4 Å². The molecular formula is C24H23N5O2S. The van der Waals surface area contributed by atoms with E-state index in [4.69, 9.17) is 0 Å². The molecule has 4 aromatic rings. The predicted octanol–water partition coefficient (Wildman–Crippen LogP) is 4.53. The highest BCUT2D eigenvalue weighted by atomic mass is 32.1. The highest BCUT2D eigenvalue weighted by Gasteiger charge is 2.17. The summed E-state index contributed by atoms with van der Waals surface area (Å²) in [5.74, 6) is 0.449. The summed E-state index contributed by atoms with van der Waals surface area (Å²) in [6, 6.07) is 17.3. The molecule has 32 heavy (non-hydrogen) atoms. The third-order valence-corrected chi connectivity index (χ3v) is 5.75. The Hall–Kier alpha value is -3.78. The monoisotopic (exact) mass is 445 g/mol. The Labute approximate surface area is 190 Å². The number of aromatic nitrogens is 3. The van der Waals surface area contributed by atoms with Crippen molar-refractivity contribution in [3.8, 4) is 0 Å². The fourth-order valence-electron chi connectivity index (χ4n) is 3.46. The summed E-state index contributed by atoms with van der Waals surface area (Å²) in [5.41, 5.74) is 3.33. The van der Waals surface area contributed by atoms with Crippen LogP contribution in [0.25, 0.3) is 17.1 Å². The molecule has 4 rings (SSSR count). The maximum Gasteiger partial charge on any atom is 0.244 e. The molecule has 0 spiro atoms. The zero-order valence-corrected chi connectivity index (χ0v) is 18.7. The number of fused-ring (bicyclic) bond motifs is 1. The molecule has 0 bridgehead atoms. The van der Waals surface area contributed by atoms with Crippen LogP contribution in [0.15, 0.2) is 66.1 Å². The number of imidazole rings is 1. The van der Waals surface area contributed by atoms with Gasteiger partial charge in [-0.05, 0) is 37.3 Å². The zero-order chi connectivity index (χ0) is 22.5. The molecule has 0 atom stereocenters. The van der Waals surface area contributed by atoms with E-state index in [1.807, 2.05) is 60.0 Å². The molecule has 0 aliphatic rings. The molecule has 8 heteroatoms. The Bertz CT molecular complexity index is 1280. The van der Waals surface area contributed by atoms with E-state index in [0.717, 1.165) is 29.1 Å². The van der Waals surface area contributed by atoms with Crippen molar-refractivity contribution in [2.45, 2.75) is 26.9 Å². The van der Waals surface area contributed by atoms with Gasteiger partial charge in [0.25, 0.3) is 0 Å². The van der Waals surface area contributed by atoms with Crippen LogP contribution in [0.3, 0.4) is 0 Å². The molecule has 0 unspecified atom stereocenters. The van der Waals surface area contributed by atoms with Gasteiger partial charge in [-0.1, -0.05) is 30.3 Å². The van der Waals surface area contributed by atoms with Crippen LogP contribution >= 0.6 is 11.3 Å². The Balaban J connectivity index is 1.43. The lowest BCUT2D eigenvalue weighted by Crippen LogP contribution is -2.22. The molecule has 0 fully saturated rings. The maximum atomic E-state index is 12.4. The first-order valence-corrected chi connectivity index (χ1v) is 11.2. The van der Waals surface area contributed by atoms with Gasteiger partial charge in [-0.15, -0.1) is 11.3 Å². The Kier molecular flexibility index (Phi) is 6.42. The highest BCUT2D eigenvalue weighted by Crippen LogP contribution is 2.29. The molecule has 0 radical (unpaired) electrons. The van der Waals surface area contributed by atoms with Crippen LogP contribution in [0.1, 0.15) is 25.4 Å². The van der Waals surface area contributed by atoms with Crippen molar-refractivity contribution in [1.82, 2.24) is 19.9 Å². The van der Waals surface area contributed by atoms with E-state index in [-0.39, 0.29) is 11.8 Å². The van der Waals surface area contributed by atoms with Gasteiger partial charge < -0.3 is 9.88 Å². The van der Waals surface area contributed by atoms with Crippen LogP contribution in [0.5, 0.6) is 0 Å². The number of nitrogens with one attached hydrogen (secondary N) is 1. The molecule has 0 aliphatic carbocycles. The van der Waals surface area contributed by atoms with Gasteiger partial charge in [0.2, 0.25) is 11.8 Å². The summed E-state index contributed by atoms with van der Waals surface area (Å²) in [6.45, 7) is 4.66. The quantitative estimate of drug-likeness (QED) is 0.424. The summed E-state index contributed by atoms with van der Waals surface area (Å²) in [6.07, 6.45) is 3.08. The molecule has 2 heterocycles. The van der Waals surface area contributed by atoms with Gasteiger partial charge in [0.05, 0.1) is 29.0 Å². The summed E-state index contributed by atoms with van der Waals surface area (Å²) in [7, 11) is 0. The lowest BCUT2D eigenvalue weighted by atomic mass is 10.3. The van der Waals surface area contributed by atoms with E-state index < -0.39 is 0 Å². The van der Waals surface area contributed by atoms with E-state index in [9.17, 15) is 9.59 Å². The normalized spacial score (nSPS) is 11.2. The Morgan fingerprint density at radius 2 is 1.84 bits per heavy atom. The van der Waals surface area contributed by atoms with Crippen molar-refractivity contribution < 1.29 is 9.59 Å². The van der Waals surface area contributed by atoms with Crippen LogP contribution < -0.4 is 10.2 Å². The molecule has 1 N–H and O–H groups in total. The average Bonchev–Trinajstić information content (AvgIpc) is 3.41. The second-order valence-electron chi connectivity index (χ2n) is 7.06. The van der Waals surface area contributed by atoms with E-state index in [2.05, 4.69) is 26.8 Å². The minimum absolute atomic E-state index is 0.127. The lowest BCUT2D eigenvalue weighted by molar-refractivity contribution is -0.117. The fourth-order valence-corrected chi connectivity index (χ4v) is 4.31. The number of amides is 2. The smallest absolute Gasteiger partial charge is 0.244 e. The van der Waals surface area contributed by atoms with E-state index in [1.54, 1.807) is 11.0 Å². The summed E-state index contributed by atoms with van der Waals surface area (Å²) in [4.78, 5) is 35.2. The third kappa shape index (κ3) is 4.60. The summed E-state index contributed by atoms with van der Waals surface area (Å²) >= 11 is 1.35. The molecule has 2 aromatic heterocycles. The van der Waals surface area contributed by atoms with Crippen molar-refractivity contribution in [2.24, 2.45) is 0 Å². The largest absolute Gasteiger partial charge is 0.345 e. The first-order valence-electron chi connectivity index (χ1n) is 10.3. The number of anilines is 2. The van der Waals surface area contributed by atoms with E-state index >= 15 is 0 Å². The van der Waals surface area contributed by atoms with Gasteiger partial charge in [-0.3, -0.25) is 14.5 Å². The van der Waals surface area contributed by atoms with Crippen molar-refractivity contribution >= 4 is 51.1 Å². The van der Waals surface area contributed by atoms with Crippen LogP contribution in [-0.2, 0) is 22.7 Å². The maximum absolute atomic E-state index is 12.4. The number of benzene rings is 2.